The van der Waals surface area contributed by atoms with Crippen molar-refractivity contribution in [1.82, 2.24) is 19.1 Å². The SMILES string of the molecule is NC=CCc1cn([C@@H]2O[C@H](COP(=O)(O)OP(=O)(O)OP(=O)(O)O)[C@@H](OP(=O)(O)OP(=O)(O)OP(=O)(O)OC[C@H]3O[C@@H](n4cc(CC=CN)c(=O)[nH]c4=O)C[C@@H]3O)[C@H]2O)c(=O)[nH]c1=O. The van der Waals surface area contributed by atoms with Gasteiger partial charge in [0.15, 0.2) is 6.23 Å². The first kappa shape index (κ1) is 53.7. The lowest BCUT2D eigenvalue weighted by molar-refractivity contribution is -0.0541. The highest BCUT2D eigenvalue weighted by Crippen LogP contribution is 2.69. The molecule has 2 fully saturated rings. The first-order chi connectivity index (χ1) is 29.4. The van der Waals surface area contributed by atoms with Crippen LogP contribution in [0.1, 0.15) is 30.0 Å². The van der Waals surface area contributed by atoms with Gasteiger partial charge in [0.1, 0.15) is 30.6 Å². The Morgan fingerprint density at radius 2 is 1.11 bits per heavy atom. The van der Waals surface area contributed by atoms with Crippen LogP contribution in [0.15, 0.2) is 56.1 Å². The fraction of sp³-hybridized carbons (Fsp3) is 0.500. The summed E-state index contributed by atoms with van der Waals surface area (Å²) in [6, 6.07) is 0. The molecule has 4 rings (SSSR count). The second kappa shape index (κ2) is 20.9. The lowest BCUT2D eigenvalue weighted by atomic mass is 10.1. The van der Waals surface area contributed by atoms with Crippen molar-refractivity contribution in [2.75, 3.05) is 13.2 Å². The van der Waals surface area contributed by atoms with E-state index in [9.17, 15) is 81.2 Å². The summed E-state index contributed by atoms with van der Waals surface area (Å²) in [6.07, 6.45) is -8.00. The number of aromatic nitrogens is 4. The summed E-state index contributed by atoms with van der Waals surface area (Å²) in [4.78, 5) is 121. The zero-order valence-corrected chi connectivity index (χ0v) is 36.9. The monoisotopic (exact) mass is 1040 g/mol. The van der Waals surface area contributed by atoms with E-state index in [0.29, 0.717) is 4.57 Å². The molecule has 64 heavy (non-hydrogen) atoms. The van der Waals surface area contributed by atoms with E-state index in [2.05, 4.69) is 26.3 Å². The lowest BCUT2D eigenvalue weighted by Crippen LogP contribution is -2.39. The molecule has 0 amide bonds. The smallest absolute Gasteiger partial charge is 0.405 e. The molecule has 0 saturated carbocycles. The summed E-state index contributed by atoms with van der Waals surface area (Å²) in [5.41, 5.74) is 6.27. The molecule has 15 N–H and O–H groups in total. The number of aliphatic hydroxyl groups excluding tert-OH is 2. The number of phosphoric acid groups is 6. The number of phosphoric ester groups is 3. The normalized spacial score (nSPS) is 27.8. The zero-order valence-electron chi connectivity index (χ0n) is 31.6. The zero-order chi connectivity index (χ0) is 48.2. The van der Waals surface area contributed by atoms with E-state index >= 15 is 0 Å². The van der Waals surface area contributed by atoms with Gasteiger partial charge in [-0.3, -0.25) is 42.3 Å². The standard InChI is InChI=1S/C24H38N6O28P6/c25-5-1-3-12-8-29(23(35)27-20(12)33)17-7-14(31)15(52-17)10-50-60(40,41)57-64(48,49)58-62(44,45)54-19-16(11-51-61(42,43)56-63(46,47)55-59(37,38)39)53-22(18(19)32)30-9-13(4-2-6-26)21(34)28-24(30)36/h1-2,5-6,8-9,14-19,22,31-32H,3-4,7,10-11,25-26H2,(H,40,41)(H,42,43)(H,44,45)(H,46,47)(H,48,49)(H,27,33,35)(H,28,34,36)(H2,37,38,39)/t14-,15+,16+,17+,18+,19+,22+/m0/s1. The number of aliphatic hydroxyl groups is 2. The molecule has 12 atom stereocenters. The number of hydrogen-bond acceptors (Lipinski definition) is 23. The summed E-state index contributed by atoms with van der Waals surface area (Å²) >= 11 is 0. The number of ether oxygens (including phenoxy) is 2. The van der Waals surface area contributed by atoms with Gasteiger partial charge in [-0.05, 0) is 25.2 Å². The van der Waals surface area contributed by atoms with Crippen molar-refractivity contribution in [3.8, 4) is 0 Å². The van der Waals surface area contributed by atoms with E-state index in [1.807, 2.05) is 9.97 Å². The van der Waals surface area contributed by atoms with Crippen LogP contribution in [-0.2, 0) is 80.5 Å². The predicted octanol–water partition coefficient (Wildman–Crippen LogP) is -2.90. The molecule has 2 saturated heterocycles. The molecule has 2 aromatic rings. The van der Waals surface area contributed by atoms with Gasteiger partial charge in [0.2, 0.25) is 0 Å². The first-order valence-electron chi connectivity index (χ1n) is 17.0. The van der Waals surface area contributed by atoms with Gasteiger partial charge >= 0.3 is 58.3 Å². The maximum Gasteiger partial charge on any atom is 0.490 e. The lowest BCUT2D eigenvalue weighted by Gasteiger charge is -2.25. The summed E-state index contributed by atoms with van der Waals surface area (Å²) in [7, 11) is -36.6. The van der Waals surface area contributed by atoms with E-state index in [1.54, 1.807) is 0 Å². The Hall–Kier alpha value is -2.90. The molecule has 4 heterocycles. The summed E-state index contributed by atoms with van der Waals surface area (Å²) in [5.74, 6) is 0. The number of H-pyrrole nitrogens is 2. The molecule has 2 aliphatic heterocycles. The summed E-state index contributed by atoms with van der Waals surface area (Å²) in [5, 5.41) is 21.6. The van der Waals surface area contributed by atoms with Crippen LogP contribution in [0.5, 0.6) is 0 Å². The third-order valence-corrected chi connectivity index (χ3v) is 16.1. The summed E-state index contributed by atoms with van der Waals surface area (Å²) < 4.78 is 115. The molecular weight excluding hydrogens is 1010 g/mol. The van der Waals surface area contributed by atoms with Gasteiger partial charge in [-0.2, -0.15) is 17.2 Å². The second-order valence-electron chi connectivity index (χ2n) is 12.7. The van der Waals surface area contributed by atoms with Gasteiger partial charge in [0.25, 0.3) is 11.1 Å². The van der Waals surface area contributed by atoms with Crippen LogP contribution in [-0.4, -0.2) is 107 Å². The fourth-order valence-electron chi connectivity index (χ4n) is 5.50. The number of allylic oxidation sites excluding steroid dienone is 2. The topological polar surface area (TPSA) is 529 Å². The van der Waals surface area contributed by atoms with E-state index in [0.717, 1.165) is 29.4 Å². The average molecular weight is 1040 g/mol. The summed E-state index contributed by atoms with van der Waals surface area (Å²) in [6.45, 7) is -2.73. The van der Waals surface area contributed by atoms with Crippen LogP contribution >= 0.6 is 46.9 Å². The van der Waals surface area contributed by atoms with Gasteiger partial charge in [0.05, 0.1) is 19.3 Å². The van der Waals surface area contributed by atoms with Gasteiger partial charge in [0, 0.05) is 29.9 Å². The number of hydrogen-bond donors (Lipinski definition) is 13. The third-order valence-electron chi connectivity index (χ3n) is 8.02. The highest BCUT2D eigenvalue weighted by Gasteiger charge is 2.53. The Bertz CT molecular complexity index is 2620. The molecule has 0 aliphatic carbocycles. The minimum Gasteiger partial charge on any atom is -0.405 e. The minimum absolute atomic E-state index is 0.0215. The molecule has 5 unspecified atom stereocenters. The van der Waals surface area contributed by atoms with Crippen molar-refractivity contribution in [2.45, 2.75) is 62.2 Å². The quantitative estimate of drug-likeness (QED) is 0.0526. The number of nitrogens with one attached hydrogen (secondary N) is 2. The molecule has 2 aromatic heterocycles. The largest absolute Gasteiger partial charge is 0.490 e. The van der Waals surface area contributed by atoms with Crippen LogP contribution in [0.3, 0.4) is 0 Å². The minimum atomic E-state index is -6.36. The van der Waals surface area contributed by atoms with Gasteiger partial charge in [-0.1, -0.05) is 12.2 Å². The number of nitrogens with two attached hydrogens (primary N) is 2. The van der Waals surface area contributed by atoms with Crippen molar-refractivity contribution in [3.05, 3.63) is 89.7 Å². The van der Waals surface area contributed by atoms with Crippen LogP contribution < -0.4 is 34.0 Å². The Labute approximate surface area is 354 Å². The molecule has 40 heteroatoms. The van der Waals surface area contributed by atoms with Crippen molar-refractivity contribution < 1.29 is 112 Å². The molecule has 0 radical (unpaired) electrons. The number of aromatic amines is 2. The Balaban J connectivity index is 1.50. The molecule has 34 nitrogen and oxygen atoms in total. The van der Waals surface area contributed by atoms with Gasteiger partial charge < -0.3 is 65.4 Å². The fourth-order valence-corrected chi connectivity index (χ4v) is 12.2. The molecular formula is C24H38N6O28P6. The number of nitrogens with zero attached hydrogens (tertiary/aromatic N) is 2. The Morgan fingerprint density at radius 3 is 1.61 bits per heavy atom. The molecule has 0 spiro atoms. The highest BCUT2D eigenvalue weighted by atomic mass is 31.3. The van der Waals surface area contributed by atoms with Crippen LogP contribution in [0, 0.1) is 0 Å². The van der Waals surface area contributed by atoms with E-state index < -0.39 is 126 Å². The Kier molecular flexibility index (Phi) is 17.6. The van der Waals surface area contributed by atoms with Crippen LogP contribution in [0.25, 0.3) is 0 Å². The second-order valence-corrected chi connectivity index (χ2v) is 21.7. The molecule has 0 bridgehead atoms. The predicted molar refractivity (Wildman–Crippen MR) is 203 cm³/mol. The van der Waals surface area contributed by atoms with Gasteiger partial charge in [-0.15, -0.1) is 0 Å². The van der Waals surface area contributed by atoms with E-state index in [-0.39, 0.29) is 30.4 Å². The van der Waals surface area contributed by atoms with Crippen molar-refractivity contribution in [1.29, 1.82) is 0 Å². The van der Waals surface area contributed by atoms with Crippen molar-refractivity contribution in [3.63, 3.8) is 0 Å². The molecule has 0 aromatic carbocycles. The average Bonchev–Trinajstić information content (AvgIpc) is 3.64. The van der Waals surface area contributed by atoms with Crippen molar-refractivity contribution in [2.24, 2.45) is 11.5 Å². The molecule has 362 valence electrons. The van der Waals surface area contributed by atoms with E-state index in [4.69, 9.17) is 35.3 Å². The maximum atomic E-state index is 13.1. The van der Waals surface area contributed by atoms with Crippen molar-refractivity contribution >= 4 is 46.9 Å². The highest BCUT2D eigenvalue weighted by molar-refractivity contribution is 7.67. The maximum absolute atomic E-state index is 13.1. The first-order valence-corrected chi connectivity index (χ1v) is 26.0. The third kappa shape index (κ3) is 15.3. The Morgan fingerprint density at radius 1 is 0.656 bits per heavy atom. The number of rotatable bonds is 22. The van der Waals surface area contributed by atoms with Crippen LogP contribution in [0.2, 0.25) is 0 Å². The van der Waals surface area contributed by atoms with Crippen LogP contribution in [0.4, 0.5) is 0 Å². The van der Waals surface area contributed by atoms with E-state index in [1.165, 1.54) is 12.2 Å². The van der Waals surface area contributed by atoms with Gasteiger partial charge in [-0.25, -0.2) is 37.0 Å². The molecule has 2 aliphatic rings.